The maximum absolute atomic E-state index is 11.1. The number of carbonyl (C=O) groups is 1. The quantitative estimate of drug-likeness (QED) is 0.601. The van der Waals surface area contributed by atoms with E-state index in [0.29, 0.717) is 13.0 Å². The molecule has 14 heavy (non-hydrogen) atoms. The molecular formula is C9H16O5. The second kappa shape index (κ2) is 5.29. The van der Waals surface area contributed by atoms with Gasteiger partial charge in [0.05, 0.1) is 31.8 Å². The van der Waals surface area contributed by atoms with Crippen LogP contribution >= 0.6 is 0 Å². The Balaban J connectivity index is 2.31. The summed E-state index contributed by atoms with van der Waals surface area (Å²) in [5.74, 6) is -0.330. The van der Waals surface area contributed by atoms with Crippen LogP contribution in [0.3, 0.4) is 0 Å². The monoisotopic (exact) mass is 204 g/mol. The molecule has 1 rings (SSSR count). The molecular weight excluding hydrogens is 188 g/mol. The first-order chi connectivity index (χ1) is 6.67. The Morgan fingerprint density at radius 3 is 2.86 bits per heavy atom. The Morgan fingerprint density at radius 1 is 1.64 bits per heavy atom. The zero-order valence-corrected chi connectivity index (χ0v) is 8.18. The van der Waals surface area contributed by atoms with Crippen molar-refractivity contribution in [2.24, 2.45) is 0 Å². The highest BCUT2D eigenvalue weighted by atomic mass is 16.5. The lowest BCUT2D eigenvalue weighted by atomic mass is 10.1. The van der Waals surface area contributed by atoms with Gasteiger partial charge in [0, 0.05) is 6.42 Å². The Morgan fingerprint density at radius 2 is 2.36 bits per heavy atom. The molecule has 5 nitrogen and oxygen atoms in total. The number of ether oxygens (including phenoxy) is 2. The summed E-state index contributed by atoms with van der Waals surface area (Å²) in [5.41, 5.74) is 0. The minimum atomic E-state index is -0.681. The number of aliphatic hydroxyl groups excluding tert-OH is 2. The standard InChI is InChI=1S/C9H16O5/c1-2-13-9(12)4-6-3-7(11)8(5-10)14-6/h6-8,10-11H,2-5H2,1H3/t6?,7-,8+/m0/s1. The van der Waals surface area contributed by atoms with Gasteiger partial charge in [-0.25, -0.2) is 0 Å². The third kappa shape index (κ3) is 2.94. The lowest BCUT2D eigenvalue weighted by Crippen LogP contribution is -2.24. The molecule has 1 saturated heterocycles. The normalized spacial score (nSPS) is 31.8. The van der Waals surface area contributed by atoms with E-state index >= 15 is 0 Å². The summed E-state index contributed by atoms with van der Waals surface area (Å²) in [7, 11) is 0. The molecule has 0 aromatic heterocycles. The van der Waals surface area contributed by atoms with Crippen LogP contribution in [0.1, 0.15) is 19.8 Å². The number of hydrogen-bond donors (Lipinski definition) is 2. The molecule has 5 heteroatoms. The van der Waals surface area contributed by atoms with Crippen LogP contribution in [-0.2, 0) is 14.3 Å². The summed E-state index contributed by atoms with van der Waals surface area (Å²) in [6, 6.07) is 0. The Kier molecular flexibility index (Phi) is 4.31. The van der Waals surface area contributed by atoms with E-state index in [2.05, 4.69) is 0 Å². The van der Waals surface area contributed by atoms with Crippen molar-refractivity contribution in [1.29, 1.82) is 0 Å². The van der Waals surface area contributed by atoms with Crippen molar-refractivity contribution >= 4 is 5.97 Å². The van der Waals surface area contributed by atoms with Crippen LogP contribution in [0, 0.1) is 0 Å². The Hall–Kier alpha value is -0.650. The molecule has 0 radical (unpaired) electrons. The number of esters is 1. The second-order valence-corrected chi connectivity index (χ2v) is 3.29. The molecule has 2 N–H and O–H groups in total. The Bertz CT molecular complexity index is 194. The van der Waals surface area contributed by atoms with Crippen molar-refractivity contribution in [3.05, 3.63) is 0 Å². The largest absolute Gasteiger partial charge is 0.466 e. The molecule has 1 aliphatic heterocycles. The first-order valence-electron chi connectivity index (χ1n) is 4.77. The van der Waals surface area contributed by atoms with Crippen LogP contribution < -0.4 is 0 Å². The molecule has 1 heterocycles. The van der Waals surface area contributed by atoms with Crippen LogP contribution in [0.4, 0.5) is 0 Å². The van der Waals surface area contributed by atoms with Crippen LogP contribution in [-0.4, -0.2) is 47.7 Å². The highest BCUT2D eigenvalue weighted by Gasteiger charge is 2.34. The van der Waals surface area contributed by atoms with E-state index in [4.69, 9.17) is 14.6 Å². The topological polar surface area (TPSA) is 76.0 Å². The van der Waals surface area contributed by atoms with E-state index < -0.39 is 12.2 Å². The lowest BCUT2D eigenvalue weighted by Gasteiger charge is -2.11. The highest BCUT2D eigenvalue weighted by molar-refractivity contribution is 5.69. The molecule has 82 valence electrons. The molecule has 1 fully saturated rings. The Labute approximate surface area is 82.6 Å². The first kappa shape index (κ1) is 11.4. The maximum atomic E-state index is 11.1. The maximum Gasteiger partial charge on any atom is 0.308 e. The summed E-state index contributed by atoms with van der Waals surface area (Å²) < 4.78 is 9.98. The smallest absolute Gasteiger partial charge is 0.308 e. The molecule has 0 saturated carbocycles. The predicted octanol–water partition coefficient (Wildman–Crippen LogP) is -0.550. The summed E-state index contributed by atoms with van der Waals surface area (Å²) in [6.07, 6.45) is -1.05. The fourth-order valence-electron chi connectivity index (χ4n) is 1.52. The van der Waals surface area contributed by atoms with Gasteiger partial charge < -0.3 is 19.7 Å². The molecule has 0 bridgehead atoms. The van der Waals surface area contributed by atoms with Gasteiger partial charge in [0.2, 0.25) is 0 Å². The minimum absolute atomic E-state index is 0.140. The molecule has 1 unspecified atom stereocenters. The van der Waals surface area contributed by atoms with Crippen molar-refractivity contribution in [3.63, 3.8) is 0 Å². The third-order valence-electron chi connectivity index (χ3n) is 2.18. The van der Waals surface area contributed by atoms with Gasteiger partial charge in [-0.15, -0.1) is 0 Å². The predicted molar refractivity (Wildman–Crippen MR) is 47.6 cm³/mol. The van der Waals surface area contributed by atoms with E-state index in [0.717, 1.165) is 0 Å². The zero-order chi connectivity index (χ0) is 10.6. The van der Waals surface area contributed by atoms with E-state index in [-0.39, 0.29) is 25.1 Å². The van der Waals surface area contributed by atoms with Gasteiger partial charge in [-0.05, 0) is 6.92 Å². The van der Waals surface area contributed by atoms with Gasteiger partial charge in [-0.3, -0.25) is 4.79 Å². The average Bonchev–Trinajstić information content (AvgIpc) is 2.46. The van der Waals surface area contributed by atoms with Gasteiger partial charge in [-0.1, -0.05) is 0 Å². The zero-order valence-electron chi connectivity index (χ0n) is 8.18. The SMILES string of the molecule is CCOC(=O)CC1C[C@H](O)[C@@H](CO)O1. The molecule has 0 aliphatic carbocycles. The number of carbonyl (C=O) groups excluding carboxylic acids is 1. The molecule has 0 amide bonds. The summed E-state index contributed by atoms with van der Waals surface area (Å²) in [5, 5.41) is 18.2. The van der Waals surface area contributed by atoms with Crippen LogP contribution in [0.5, 0.6) is 0 Å². The van der Waals surface area contributed by atoms with E-state index in [1.807, 2.05) is 0 Å². The molecule has 3 atom stereocenters. The number of hydrogen-bond acceptors (Lipinski definition) is 5. The summed E-state index contributed by atoms with van der Waals surface area (Å²) in [6.45, 7) is 1.86. The van der Waals surface area contributed by atoms with Gasteiger partial charge >= 0.3 is 5.97 Å². The van der Waals surface area contributed by atoms with Crippen LogP contribution in [0.15, 0.2) is 0 Å². The number of aliphatic hydroxyl groups is 2. The van der Waals surface area contributed by atoms with Gasteiger partial charge in [-0.2, -0.15) is 0 Å². The molecule has 0 aromatic rings. The van der Waals surface area contributed by atoms with Crippen molar-refractivity contribution in [1.82, 2.24) is 0 Å². The van der Waals surface area contributed by atoms with Gasteiger partial charge in [0.15, 0.2) is 0 Å². The van der Waals surface area contributed by atoms with E-state index in [1.165, 1.54) is 0 Å². The van der Waals surface area contributed by atoms with Gasteiger partial charge in [0.1, 0.15) is 6.10 Å². The van der Waals surface area contributed by atoms with E-state index in [9.17, 15) is 9.90 Å². The lowest BCUT2D eigenvalue weighted by molar-refractivity contribution is -0.146. The van der Waals surface area contributed by atoms with Crippen molar-refractivity contribution in [2.75, 3.05) is 13.2 Å². The fraction of sp³-hybridized carbons (Fsp3) is 0.889. The van der Waals surface area contributed by atoms with Gasteiger partial charge in [0.25, 0.3) is 0 Å². The summed E-state index contributed by atoms with van der Waals surface area (Å²) >= 11 is 0. The highest BCUT2D eigenvalue weighted by Crippen LogP contribution is 2.22. The molecule has 0 spiro atoms. The van der Waals surface area contributed by atoms with Crippen LogP contribution in [0.25, 0.3) is 0 Å². The van der Waals surface area contributed by atoms with Crippen molar-refractivity contribution in [3.8, 4) is 0 Å². The number of rotatable bonds is 4. The van der Waals surface area contributed by atoms with Crippen molar-refractivity contribution in [2.45, 2.75) is 38.1 Å². The first-order valence-corrected chi connectivity index (χ1v) is 4.77. The van der Waals surface area contributed by atoms with Crippen molar-refractivity contribution < 1.29 is 24.5 Å². The average molecular weight is 204 g/mol. The second-order valence-electron chi connectivity index (χ2n) is 3.29. The minimum Gasteiger partial charge on any atom is -0.466 e. The fourth-order valence-corrected chi connectivity index (χ4v) is 1.52. The van der Waals surface area contributed by atoms with Crippen LogP contribution in [0.2, 0.25) is 0 Å². The summed E-state index contributed by atoms with van der Waals surface area (Å²) in [4.78, 5) is 11.1. The molecule has 1 aliphatic rings. The third-order valence-corrected chi connectivity index (χ3v) is 2.18. The van der Waals surface area contributed by atoms with E-state index in [1.54, 1.807) is 6.92 Å². The molecule has 0 aromatic carbocycles.